The molecule has 0 amide bonds. The number of thiocarbonyl (C=S) groups is 1. The first-order valence-corrected chi connectivity index (χ1v) is 4.64. The van der Waals surface area contributed by atoms with Crippen molar-refractivity contribution in [3.05, 3.63) is 35.9 Å². The average molecular weight is 199 g/mol. The van der Waals surface area contributed by atoms with Gasteiger partial charge in [0.2, 0.25) is 0 Å². The lowest BCUT2D eigenvalue weighted by Crippen LogP contribution is -2.16. The minimum Gasteiger partial charge on any atom is -0.365 e. The number of hydrogen-bond donors (Lipinski definition) is 2. The molecule has 0 aliphatic carbocycles. The predicted octanol–water partition coefficient (Wildman–Crippen LogP) is 2.27. The Balaban J connectivity index is 2.38. The second-order valence-corrected chi connectivity index (χ2v) is 3.48. The number of rotatable bonds is 2. The van der Waals surface area contributed by atoms with Crippen LogP contribution in [0.5, 0.6) is 0 Å². The number of hydrogen-bond acceptors (Lipinski definition) is 3. The van der Waals surface area contributed by atoms with Crippen LogP contribution in [-0.4, -0.2) is 8.87 Å². The van der Waals surface area contributed by atoms with E-state index in [1.54, 1.807) is 0 Å². The first-order chi connectivity index (χ1) is 5.83. The molecular formula is C8H9NOS2. The molecule has 12 heavy (non-hydrogen) atoms. The molecule has 0 saturated heterocycles. The molecule has 0 aliphatic heterocycles. The molecule has 1 aromatic carbocycles. The van der Waals surface area contributed by atoms with Crippen LogP contribution in [0.3, 0.4) is 0 Å². The van der Waals surface area contributed by atoms with E-state index in [-0.39, 0.29) is 0 Å². The van der Waals surface area contributed by atoms with E-state index >= 15 is 0 Å². The maximum atomic E-state index is 8.53. The van der Waals surface area contributed by atoms with Crippen molar-refractivity contribution in [2.45, 2.75) is 6.54 Å². The Bertz CT molecular complexity index is 250. The van der Waals surface area contributed by atoms with Gasteiger partial charge in [0.15, 0.2) is 4.32 Å². The van der Waals surface area contributed by atoms with Gasteiger partial charge in [-0.05, 0) is 5.56 Å². The SMILES string of the molecule is OSC(=S)NCc1ccccc1. The van der Waals surface area contributed by atoms with Crippen molar-refractivity contribution in [1.29, 1.82) is 0 Å². The summed E-state index contributed by atoms with van der Waals surface area (Å²) < 4.78 is 8.93. The molecular weight excluding hydrogens is 190 g/mol. The Kier molecular flexibility index (Phi) is 4.07. The zero-order valence-corrected chi connectivity index (χ0v) is 7.99. The first kappa shape index (κ1) is 9.51. The van der Waals surface area contributed by atoms with E-state index in [0.29, 0.717) is 22.9 Å². The fourth-order valence-electron chi connectivity index (χ4n) is 0.802. The monoisotopic (exact) mass is 199 g/mol. The van der Waals surface area contributed by atoms with Crippen LogP contribution in [0.25, 0.3) is 0 Å². The summed E-state index contributed by atoms with van der Waals surface area (Å²) in [7, 11) is 0. The zero-order chi connectivity index (χ0) is 8.81. The summed E-state index contributed by atoms with van der Waals surface area (Å²) >= 11 is 5.32. The zero-order valence-electron chi connectivity index (χ0n) is 6.36. The highest BCUT2D eigenvalue weighted by molar-refractivity contribution is 8.19. The van der Waals surface area contributed by atoms with E-state index in [1.807, 2.05) is 30.3 Å². The Morgan fingerprint density at radius 1 is 1.42 bits per heavy atom. The molecule has 0 unspecified atom stereocenters. The van der Waals surface area contributed by atoms with Crippen LogP contribution in [0, 0.1) is 0 Å². The summed E-state index contributed by atoms with van der Waals surface area (Å²) in [6.45, 7) is 0.660. The van der Waals surface area contributed by atoms with E-state index in [2.05, 4.69) is 5.32 Å². The van der Waals surface area contributed by atoms with Gasteiger partial charge in [0.1, 0.15) is 0 Å². The Morgan fingerprint density at radius 3 is 2.67 bits per heavy atom. The van der Waals surface area contributed by atoms with E-state index in [0.717, 1.165) is 5.56 Å². The first-order valence-electron chi connectivity index (χ1n) is 3.46. The van der Waals surface area contributed by atoms with Crippen LogP contribution in [0.15, 0.2) is 30.3 Å². The third-order valence-corrected chi connectivity index (χ3v) is 2.04. The molecule has 0 bridgehead atoms. The van der Waals surface area contributed by atoms with Gasteiger partial charge in [-0.1, -0.05) is 42.5 Å². The van der Waals surface area contributed by atoms with Crippen molar-refractivity contribution in [2.24, 2.45) is 0 Å². The predicted molar refractivity (Wildman–Crippen MR) is 56.1 cm³/mol. The van der Waals surface area contributed by atoms with Gasteiger partial charge in [-0.2, -0.15) is 0 Å². The number of benzene rings is 1. The molecule has 0 fully saturated rings. The molecule has 0 atom stereocenters. The average Bonchev–Trinajstić information content (AvgIpc) is 2.16. The third-order valence-electron chi connectivity index (χ3n) is 1.36. The van der Waals surface area contributed by atoms with Gasteiger partial charge in [0.25, 0.3) is 0 Å². The van der Waals surface area contributed by atoms with Gasteiger partial charge in [-0.15, -0.1) is 0 Å². The Morgan fingerprint density at radius 2 is 2.08 bits per heavy atom. The van der Waals surface area contributed by atoms with Crippen LogP contribution < -0.4 is 5.32 Å². The normalized spacial score (nSPS) is 9.42. The summed E-state index contributed by atoms with van der Waals surface area (Å²) in [5.41, 5.74) is 1.15. The molecule has 64 valence electrons. The van der Waals surface area contributed by atoms with Gasteiger partial charge < -0.3 is 9.87 Å². The van der Waals surface area contributed by atoms with Crippen molar-refractivity contribution in [1.82, 2.24) is 5.32 Å². The molecule has 4 heteroatoms. The summed E-state index contributed by atoms with van der Waals surface area (Å²) in [5, 5.41) is 2.89. The quantitative estimate of drug-likeness (QED) is 0.565. The molecule has 2 N–H and O–H groups in total. The summed E-state index contributed by atoms with van der Waals surface area (Å²) in [5.74, 6) is 0. The fourth-order valence-corrected chi connectivity index (χ4v) is 1.01. The highest BCUT2D eigenvalue weighted by Crippen LogP contribution is 1.99. The molecule has 0 heterocycles. The minimum absolute atomic E-state index is 0.402. The molecule has 0 radical (unpaired) electrons. The molecule has 0 aliphatic rings. The second kappa shape index (κ2) is 5.13. The lowest BCUT2D eigenvalue weighted by Gasteiger charge is -2.03. The maximum Gasteiger partial charge on any atom is 0.161 e. The summed E-state index contributed by atoms with van der Waals surface area (Å²) in [6, 6.07) is 9.89. The second-order valence-electron chi connectivity index (χ2n) is 2.22. The maximum absolute atomic E-state index is 8.53. The van der Waals surface area contributed by atoms with Crippen molar-refractivity contribution in [3.8, 4) is 0 Å². The van der Waals surface area contributed by atoms with E-state index in [9.17, 15) is 0 Å². The van der Waals surface area contributed by atoms with Crippen molar-refractivity contribution < 1.29 is 4.55 Å². The Labute approximate surface area is 81.2 Å². The van der Waals surface area contributed by atoms with E-state index in [1.165, 1.54) is 0 Å². The van der Waals surface area contributed by atoms with Crippen LogP contribution in [0.1, 0.15) is 5.56 Å². The van der Waals surface area contributed by atoms with Crippen LogP contribution in [0.4, 0.5) is 0 Å². The van der Waals surface area contributed by atoms with Crippen LogP contribution >= 0.6 is 24.3 Å². The van der Waals surface area contributed by atoms with E-state index in [4.69, 9.17) is 16.8 Å². The highest BCUT2D eigenvalue weighted by atomic mass is 32.2. The van der Waals surface area contributed by atoms with Gasteiger partial charge >= 0.3 is 0 Å². The standard InChI is InChI=1S/C8H9NOS2/c10-12-8(11)9-6-7-4-2-1-3-5-7/h1-5,10H,6H2,(H,9,11). The lowest BCUT2D eigenvalue weighted by atomic mass is 10.2. The Hall–Kier alpha value is -0.580. The summed E-state index contributed by atoms with van der Waals surface area (Å²) in [6.07, 6.45) is 0. The molecule has 0 saturated carbocycles. The lowest BCUT2D eigenvalue weighted by molar-refractivity contribution is 0.672. The van der Waals surface area contributed by atoms with Crippen LogP contribution in [-0.2, 0) is 6.54 Å². The summed E-state index contributed by atoms with van der Waals surface area (Å²) in [4.78, 5) is 0. The molecule has 0 spiro atoms. The van der Waals surface area contributed by atoms with Crippen LogP contribution in [0.2, 0.25) is 0 Å². The van der Waals surface area contributed by atoms with Crippen molar-refractivity contribution >= 4 is 28.6 Å². The largest absolute Gasteiger partial charge is 0.365 e. The minimum atomic E-state index is 0.402. The third kappa shape index (κ3) is 3.21. The highest BCUT2D eigenvalue weighted by Gasteiger charge is 1.93. The van der Waals surface area contributed by atoms with Gasteiger partial charge in [0.05, 0.1) is 12.0 Å². The number of nitrogens with one attached hydrogen (secondary N) is 1. The molecule has 2 nitrogen and oxygen atoms in total. The van der Waals surface area contributed by atoms with Crippen molar-refractivity contribution in [3.63, 3.8) is 0 Å². The molecule has 0 aromatic heterocycles. The molecule has 1 rings (SSSR count). The fraction of sp³-hybridized carbons (Fsp3) is 0.125. The van der Waals surface area contributed by atoms with E-state index < -0.39 is 0 Å². The van der Waals surface area contributed by atoms with Gasteiger partial charge in [0, 0.05) is 6.54 Å². The van der Waals surface area contributed by atoms with Gasteiger partial charge in [-0.3, -0.25) is 0 Å². The van der Waals surface area contributed by atoms with Crippen molar-refractivity contribution in [2.75, 3.05) is 0 Å². The smallest absolute Gasteiger partial charge is 0.161 e. The molecule has 1 aromatic rings. The topological polar surface area (TPSA) is 32.3 Å². The van der Waals surface area contributed by atoms with Gasteiger partial charge in [-0.25, -0.2) is 0 Å².